The van der Waals surface area contributed by atoms with Gasteiger partial charge < -0.3 is 10.5 Å². The van der Waals surface area contributed by atoms with Crippen molar-refractivity contribution in [2.24, 2.45) is 0 Å². The first-order chi connectivity index (χ1) is 8.97. The van der Waals surface area contributed by atoms with E-state index in [2.05, 4.69) is 25.9 Å². The van der Waals surface area contributed by atoms with E-state index >= 15 is 0 Å². The van der Waals surface area contributed by atoms with Gasteiger partial charge in [0.05, 0.1) is 11.8 Å². The van der Waals surface area contributed by atoms with Gasteiger partial charge in [0.2, 0.25) is 0 Å². The molecule has 1 heterocycles. The third-order valence-electron chi connectivity index (χ3n) is 2.20. The maximum absolute atomic E-state index is 13.5. The lowest BCUT2D eigenvalue weighted by Crippen LogP contribution is -2.06. The van der Waals surface area contributed by atoms with Gasteiger partial charge in [0.15, 0.2) is 11.6 Å². The van der Waals surface area contributed by atoms with Gasteiger partial charge in [-0.1, -0.05) is 15.9 Å². The molecule has 0 aliphatic carbocycles. The van der Waals surface area contributed by atoms with E-state index in [4.69, 9.17) is 10.5 Å². The molecule has 0 saturated carbocycles. The standard InChI is InChI=1S/C11H7BrF3N3O/c12-5-1-7(13)6(8(14)2-5)4-19-11-17-3-9(15)10(16)18-11/h1-3H,4H2,(H2,16,17,18). The van der Waals surface area contributed by atoms with E-state index in [9.17, 15) is 13.2 Å². The fraction of sp³-hybridized carbons (Fsp3) is 0.0909. The molecule has 0 aliphatic heterocycles. The number of halogens is 4. The Labute approximate surface area is 114 Å². The number of aromatic nitrogens is 2. The number of nitrogen functional groups attached to an aromatic ring is 1. The van der Waals surface area contributed by atoms with Crippen molar-refractivity contribution in [1.29, 1.82) is 0 Å². The van der Waals surface area contributed by atoms with Crippen molar-refractivity contribution in [1.82, 2.24) is 9.97 Å². The van der Waals surface area contributed by atoms with E-state index in [0.29, 0.717) is 0 Å². The molecule has 2 N–H and O–H groups in total. The molecule has 8 heteroatoms. The van der Waals surface area contributed by atoms with E-state index in [-0.39, 0.29) is 16.0 Å². The molecule has 2 rings (SSSR count). The zero-order valence-corrected chi connectivity index (χ0v) is 10.9. The summed E-state index contributed by atoms with van der Waals surface area (Å²) < 4.78 is 45.0. The van der Waals surface area contributed by atoms with Gasteiger partial charge in [-0.2, -0.15) is 4.98 Å². The third kappa shape index (κ3) is 3.14. The summed E-state index contributed by atoms with van der Waals surface area (Å²) in [5.41, 5.74) is 4.93. The number of hydrogen-bond donors (Lipinski definition) is 1. The molecule has 19 heavy (non-hydrogen) atoms. The van der Waals surface area contributed by atoms with Crippen LogP contribution < -0.4 is 10.5 Å². The highest BCUT2D eigenvalue weighted by Crippen LogP contribution is 2.20. The molecule has 2 aromatic rings. The minimum absolute atomic E-state index is 0.263. The molecule has 1 aromatic carbocycles. The highest BCUT2D eigenvalue weighted by Gasteiger charge is 2.12. The SMILES string of the molecule is Nc1nc(OCc2c(F)cc(Br)cc2F)ncc1F. The van der Waals surface area contributed by atoms with Crippen LogP contribution in [0.4, 0.5) is 19.0 Å². The number of ether oxygens (including phenoxy) is 1. The molecule has 100 valence electrons. The van der Waals surface area contributed by atoms with Crippen molar-refractivity contribution in [3.63, 3.8) is 0 Å². The normalized spacial score (nSPS) is 10.5. The fourth-order valence-electron chi connectivity index (χ4n) is 1.28. The molecule has 0 unspecified atom stereocenters. The summed E-state index contributed by atoms with van der Waals surface area (Å²) in [6.07, 6.45) is 0.811. The summed E-state index contributed by atoms with van der Waals surface area (Å²) >= 11 is 2.96. The molecule has 0 radical (unpaired) electrons. The first kappa shape index (κ1) is 13.6. The maximum atomic E-state index is 13.5. The van der Waals surface area contributed by atoms with Gasteiger partial charge in [0, 0.05) is 4.47 Å². The van der Waals surface area contributed by atoms with Crippen LogP contribution in [0.25, 0.3) is 0 Å². The lowest BCUT2D eigenvalue weighted by Gasteiger charge is -2.07. The number of benzene rings is 1. The van der Waals surface area contributed by atoms with Crippen LogP contribution in [0.5, 0.6) is 6.01 Å². The van der Waals surface area contributed by atoms with Crippen molar-refractivity contribution >= 4 is 21.7 Å². The summed E-state index contributed by atoms with van der Waals surface area (Å²) in [5, 5.41) is 0. The van der Waals surface area contributed by atoms with Gasteiger partial charge in [0.1, 0.15) is 18.2 Å². The number of nitrogens with zero attached hydrogens (tertiary/aromatic N) is 2. The van der Waals surface area contributed by atoms with E-state index in [0.717, 1.165) is 18.3 Å². The van der Waals surface area contributed by atoms with Gasteiger partial charge in [0.25, 0.3) is 0 Å². The average Bonchev–Trinajstić information content (AvgIpc) is 2.32. The highest BCUT2D eigenvalue weighted by atomic mass is 79.9. The third-order valence-corrected chi connectivity index (χ3v) is 2.66. The van der Waals surface area contributed by atoms with Crippen LogP contribution in [0, 0.1) is 17.5 Å². The Hall–Kier alpha value is -1.83. The van der Waals surface area contributed by atoms with Gasteiger partial charge in [-0.3, -0.25) is 0 Å². The number of anilines is 1. The Morgan fingerprint density at radius 1 is 1.16 bits per heavy atom. The van der Waals surface area contributed by atoms with Crippen LogP contribution in [0.3, 0.4) is 0 Å². The number of hydrogen-bond acceptors (Lipinski definition) is 4. The van der Waals surface area contributed by atoms with Gasteiger partial charge >= 0.3 is 6.01 Å². The minimum atomic E-state index is -0.798. The van der Waals surface area contributed by atoms with Crippen molar-refractivity contribution in [3.8, 4) is 6.01 Å². The highest BCUT2D eigenvalue weighted by molar-refractivity contribution is 9.10. The largest absolute Gasteiger partial charge is 0.458 e. The van der Waals surface area contributed by atoms with Crippen LogP contribution in [0.2, 0.25) is 0 Å². The van der Waals surface area contributed by atoms with Crippen LogP contribution in [0.15, 0.2) is 22.8 Å². The molecule has 0 atom stereocenters. The molecule has 0 amide bonds. The summed E-state index contributed by atoms with van der Waals surface area (Å²) in [4.78, 5) is 6.97. The average molecular weight is 334 g/mol. The fourth-order valence-corrected chi connectivity index (χ4v) is 1.68. The van der Waals surface area contributed by atoms with Crippen LogP contribution in [0.1, 0.15) is 5.56 Å². The van der Waals surface area contributed by atoms with Crippen molar-refractivity contribution in [3.05, 3.63) is 45.8 Å². The molecular weight excluding hydrogens is 327 g/mol. The Morgan fingerprint density at radius 3 is 2.37 bits per heavy atom. The quantitative estimate of drug-likeness (QED) is 0.938. The summed E-state index contributed by atoms with van der Waals surface area (Å²) in [6.45, 7) is -0.435. The topological polar surface area (TPSA) is 61.0 Å². The zero-order chi connectivity index (χ0) is 14.0. The molecule has 0 aliphatic rings. The van der Waals surface area contributed by atoms with Gasteiger partial charge in [-0.25, -0.2) is 18.2 Å². The summed E-state index contributed by atoms with van der Waals surface area (Å²) in [5.74, 6) is -2.75. The van der Waals surface area contributed by atoms with Gasteiger partial charge in [-0.05, 0) is 12.1 Å². The maximum Gasteiger partial charge on any atom is 0.318 e. The molecule has 0 saturated heterocycles. The van der Waals surface area contributed by atoms with Crippen molar-refractivity contribution in [2.45, 2.75) is 6.61 Å². The first-order valence-corrected chi connectivity index (χ1v) is 5.81. The minimum Gasteiger partial charge on any atom is -0.458 e. The van der Waals surface area contributed by atoms with E-state index in [1.54, 1.807) is 0 Å². The lowest BCUT2D eigenvalue weighted by molar-refractivity contribution is 0.268. The lowest BCUT2D eigenvalue weighted by atomic mass is 10.2. The second kappa shape index (κ2) is 5.43. The Balaban J connectivity index is 2.16. The molecular formula is C11H7BrF3N3O. The van der Waals surface area contributed by atoms with Crippen molar-refractivity contribution < 1.29 is 17.9 Å². The number of nitrogens with two attached hydrogens (primary N) is 1. The Morgan fingerprint density at radius 2 is 1.79 bits per heavy atom. The van der Waals surface area contributed by atoms with E-state index in [1.165, 1.54) is 0 Å². The molecule has 4 nitrogen and oxygen atoms in total. The Kier molecular flexibility index (Phi) is 3.89. The molecule has 0 fully saturated rings. The molecule has 1 aromatic heterocycles. The van der Waals surface area contributed by atoms with E-state index < -0.39 is 29.9 Å². The second-order valence-corrected chi connectivity index (χ2v) is 4.44. The van der Waals surface area contributed by atoms with E-state index in [1.807, 2.05) is 0 Å². The first-order valence-electron chi connectivity index (χ1n) is 5.01. The van der Waals surface area contributed by atoms with Crippen LogP contribution in [-0.4, -0.2) is 9.97 Å². The monoisotopic (exact) mass is 333 g/mol. The number of rotatable bonds is 3. The van der Waals surface area contributed by atoms with Crippen LogP contribution in [-0.2, 0) is 6.61 Å². The predicted octanol–water partition coefficient (Wildman–Crippen LogP) is 2.82. The molecule has 0 spiro atoms. The van der Waals surface area contributed by atoms with Crippen molar-refractivity contribution in [2.75, 3.05) is 5.73 Å². The molecule has 0 bridgehead atoms. The summed E-state index contributed by atoms with van der Waals surface area (Å²) in [6, 6.07) is 1.93. The smallest absolute Gasteiger partial charge is 0.318 e. The predicted molar refractivity (Wildman–Crippen MR) is 64.8 cm³/mol. The van der Waals surface area contributed by atoms with Gasteiger partial charge in [-0.15, -0.1) is 0 Å². The second-order valence-electron chi connectivity index (χ2n) is 3.52. The Bertz CT molecular complexity index is 601. The van der Waals surface area contributed by atoms with Crippen LogP contribution >= 0.6 is 15.9 Å². The summed E-state index contributed by atoms with van der Waals surface area (Å²) in [7, 11) is 0. The zero-order valence-electron chi connectivity index (χ0n) is 9.33.